The molecular weight excluding hydrogens is 262 g/mol. The Kier molecular flexibility index (Phi) is 7.00. The van der Waals surface area contributed by atoms with Gasteiger partial charge in [-0.15, -0.1) is 0 Å². The number of esters is 1. The number of ether oxygens (including phenoxy) is 1. The van der Waals surface area contributed by atoms with Crippen molar-refractivity contribution in [2.45, 2.75) is 26.2 Å². The Hall–Kier alpha value is -1.63. The van der Waals surface area contributed by atoms with Crippen LogP contribution in [0, 0.1) is 5.92 Å². The zero-order chi connectivity index (χ0) is 15.0. The number of carbonyl (C=O) groups is 3. The van der Waals surface area contributed by atoms with Gasteiger partial charge in [0.15, 0.2) is 0 Å². The van der Waals surface area contributed by atoms with Crippen LogP contribution in [0.2, 0.25) is 0 Å². The van der Waals surface area contributed by atoms with Crippen LogP contribution in [0.5, 0.6) is 0 Å². The van der Waals surface area contributed by atoms with E-state index in [4.69, 9.17) is 4.74 Å². The highest BCUT2D eigenvalue weighted by Crippen LogP contribution is 2.17. The Balaban J connectivity index is 2.31. The standard InChI is InChI=1S/C13H23N3O4/c1-3-20-12(18)10-5-4-7-16(9-10)8-6-11(17)15-13(19)14-2/h10H,3-9H2,1-2H3,(H2,14,15,17,19)/t10-/m0/s1. The maximum absolute atomic E-state index is 11.7. The molecule has 114 valence electrons. The summed E-state index contributed by atoms with van der Waals surface area (Å²) in [5, 5.41) is 4.54. The van der Waals surface area contributed by atoms with E-state index in [9.17, 15) is 14.4 Å². The molecule has 2 N–H and O–H groups in total. The first kappa shape index (κ1) is 16.4. The Labute approximate surface area is 119 Å². The SMILES string of the molecule is CCOC(=O)[C@H]1CCCN(CCC(=O)NC(=O)NC)C1. The zero-order valence-corrected chi connectivity index (χ0v) is 12.1. The molecule has 0 aromatic heterocycles. The van der Waals surface area contributed by atoms with Gasteiger partial charge in [-0.3, -0.25) is 14.9 Å². The number of rotatable bonds is 5. The van der Waals surface area contributed by atoms with E-state index in [2.05, 4.69) is 15.5 Å². The second-order valence-electron chi connectivity index (χ2n) is 4.77. The van der Waals surface area contributed by atoms with Crippen molar-refractivity contribution in [2.75, 3.05) is 33.3 Å². The minimum atomic E-state index is -0.502. The van der Waals surface area contributed by atoms with Crippen LogP contribution >= 0.6 is 0 Å². The van der Waals surface area contributed by atoms with Crippen LogP contribution in [0.3, 0.4) is 0 Å². The number of amides is 3. The third-order valence-electron chi connectivity index (χ3n) is 3.26. The highest BCUT2D eigenvalue weighted by Gasteiger charge is 2.26. The van der Waals surface area contributed by atoms with Gasteiger partial charge in [-0.25, -0.2) is 4.79 Å². The fourth-order valence-corrected chi connectivity index (χ4v) is 2.22. The molecule has 7 heteroatoms. The second kappa shape index (κ2) is 8.52. The molecule has 0 unspecified atom stereocenters. The molecule has 0 aromatic carbocycles. The summed E-state index contributed by atoms with van der Waals surface area (Å²) in [5.74, 6) is -0.583. The van der Waals surface area contributed by atoms with E-state index in [1.54, 1.807) is 6.92 Å². The van der Waals surface area contributed by atoms with Crippen molar-refractivity contribution in [3.05, 3.63) is 0 Å². The Morgan fingerprint density at radius 1 is 1.35 bits per heavy atom. The average molecular weight is 285 g/mol. The molecule has 1 rings (SSSR count). The smallest absolute Gasteiger partial charge is 0.321 e. The highest BCUT2D eigenvalue weighted by atomic mass is 16.5. The van der Waals surface area contributed by atoms with E-state index < -0.39 is 6.03 Å². The Morgan fingerprint density at radius 2 is 2.10 bits per heavy atom. The van der Waals surface area contributed by atoms with Gasteiger partial charge in [0, 0.05) is 26.6 Å². The molecule has 20 heavy (non-hydrogen) atoms. The summed E-state index contributed by atoms with van der Waals surface area (Å²) in [6.07, 6.45) is 1.99. The molecule has 1 aliphatic rings. The molecule has 0 aromatic rings. The van der Waals surface area contributed by atoms with Gasteiger partial charge in [-0.05, 0) is 26.3 Å². The van der Waals surface area contributed by atoms with Crippen LogP contribution in [-0.2, 0) is 14.3 Å². The predicted molar refractivity (Wildman–Crippen MR) is 73.0 cm³/mol. The van der Waals surface area contributed by atoms with Gasteiger partial charge in [0.25, 0.3) is 0 Å². The summed E-state index contributed by atoms with van der Waals surface area (Å²) in [6.45, 7) is 4.21. The lowest BCUT2D eigenvalue weighted by molar-refractivity contribution is -0.149. The van der Waals surface area contributed by atoms with E-state index in [0.29, 0.717) is 19.7 Å². The monoisotopic (exact) mass is 285 g/mol. The number of nitrogens with one attached hydrogen (secondary N) is 2. The van der Waals surface area contributed by atoms with Crippen LogP contribution in [0.1, 0.15) is 26.2 Å². The molecule has 0 aliphatic carbocycles. The molecule has 1 aliphatic heterocycles. The van der Waals surface area contributed by atoms with Crippen molar-refractivity contribution in [3.8, 4) is 0 Å². The molecule has 7 nitrogen and oxygen atoms in total. The minimum absolute atomic E-state index is 0.106. The largest absolute Gasteiger partial charge is 0.466 e. The first-order valence-corrected chi connectivity index (χ1v) is 6.97. The van der Waals surface area contributed by atoms with Crippen molar-refractivity contribution < 1.29 is 19.1 Å². The lowest BCUT2D eigenvalue weighted by atomic mass is 9.98. The van der Waals surface area contributed by atoms with E-state index in [-0.39, 0.29) is 24.2 Å². The number of piperidine rings is 1. The van der Waals surface area contributed by atoms with Crippen LogP contribution in [-0.4, -0.2) is 56.1 Å². The summed E-state index contributed by atoms with van der Waals surface area (Å²) in [4.78, 5) is 36.2. The molecule has 0 spiro atoms. The van der Waals surface area contributed by atoms with Gasteiger partial charge in [-0.2, -0.15) is 0 Å². The molecule has 1 saturated heterocycles. The predicted octanol–water partition coefficient (Wildman–Crippen LogP) is 0.107. The topological polar surface area (TPSA) is 87.7 Å². The molecular formula is C13H23N3O4. The Bertz CT molecular complexity index is 360. The van der Waals surface area contributed by atoms with Crippen LogP contribution in [0.15, 0.2) is 0 Å². The number of urea groups is 1. The fourth-order valence-electron chi connectivity index (χ4n) is 2.22. The van der Waals surface area contributed by atoms with E-state index in [1.165, 1.54) is 7.05 Å². The zero-order valence-electron chi connectivity index (χ0n) is 12.1. The lowest BCUT2D eigenvalue weighted by Gasteiger charge is -2.31. The number of hydrogen-bond donors (Lipinski definition) is 2. The summed E-state index contributed by atoms with van der Waals surface area (Å²) >= 11 is 0. The van der Waals surface area contributed by atoms with E-state index in [1.807, 2.05) is 0 Å². The van der Waals surface area contributed by atoms with Crippen molar-refractivity contribution in [2.24, 2.45) is 5.92 Å². The molecule has 0 bridgehead atoms. The van der Waals surface area contributed by atoms with Gasteiger partial charge in [0.05, 0.1) is 12.5 Å². The summed E-state index contributed by atoms with van der Waals surface area (Å²) in [5.41, 5.74) is 0. The third kappa shape index (κ3) is 5.56. The average Bonchev–Trinajstić information content (AvgIpc) is 2.45. The maximum Gasteiger partial charge on any atom is 0.321 e. The first-order chi connectivity index (χ1) is 9.56. The van der Waals surface area contributed by atoms with E-state index >= 15 is 0 Å². The van der Waals surface area contributed by atoms with Gasteiger partial charge >= 0.3 is 12.0 Å². The molecule has 1 atom stereocenters. The number of likely N-dealkylation sites (tertiary alicyclic amines) is 1. The van der Waals surface area contributed by atoms with Gasteiger partial charge in [0.1, 0.15) is 0 Å². The minimum Gasteiger partial charge on any atom is -0.466 e. The van der Waals surface area contributed by atoms with Gasteiger partial charge < -0.3 is 15.0 Å². The fraction of sp³-hybridized carbons (Fsp3) is 0.769. The molecule has 0 saturated carbocycles. The van der Waals surface area contributed by atoms with Gasteiger partial charge in [-0.1, -0.05) is 0 Å². The van der Waals surface area contributed by atoms with Crippen LogP contribution in [0.25, 0.3) is 0 Å². The molecule has 1 fully saturated rings. The third-order valence-corrected chi connectivity index (χ3v) is 3.26. The summed E-state index contributed by atoms with van der Waals surface area (Å²) < 4.78 is 5.02. The van der Waals surface area contributed by atoms with Crippen LogP contribution in [0.4, 0.5) is 4.79 Å². The summed E-state index contributed by atoms with van der Waals surface area (Å²) in [7, 11) is 1.46. The normalized spacial score (nSPS) is 19.2. The first-order valence-electron chi connectivity index (χ1n) is 6.97. The van der Waals surface area contributed by atoms with Crippen LogP contribution < -0.4 is 10.6 Å². The second-order valence-corrected chi connectivity index (χ2v) is 4.77. The van der Waals surface area contributed by atoms with Gasteiger partial charge in [0.2, 0.25) is 5.91 Å². The lowest BCUT2D eigenvalue weighted by Crippen LogP contribution is -2.42. The number of imide groups is 1. The number of hydrogen-bond acceptors (Lipinski definition) is 5. The van der Waals surface area contributed by atoms with Crippen molar-refractivity contribution in [1.82, 2.24) is 15.5 Å². The molecule has 0 radical (unpaired) electrons. The molecule has 3 amide bonds. The van der Waals surface area contributed by atoms with Crippen molar-refractivity contribution in [3.63, 3.8) is 0 Å². The van der Waals surface area contributed by atoms with Crippen molar-refractivity contribution >= 4 is 17.9 Å². The molecule has 1 heterocycles. The Morgan fingerprint density at radius 3 is 2.75 bits per heavy atom. The quantitative estimate of drug-likeness (QED) is 0.700. The number of nitrogens with zero attached hydrogens (tertiary/aromatic N) is 1. The highest BCUT2D eigenvalue weighted by molar-refractivity contribution is 5.94. The summed E-state index contributed by atoms with van der Waals surface area (Å²) in [6, 6.07) is -0.502. The maximum atomic E-state index is 11.7. The van der Waals surface area contributed by atoms with E-state index in [0.717, 1.165) is 19.4 Å². The van der Waals surface area contributed by atoms with Crippen molar-refractivity contribution in [1.29, 1.82) is 0 Å². The number of carbonyl (C=O) groups excluding carboxylic acids is 3.